The summed E-state index contributed by atoms with van der Waals surface area (Å²) in [5.74, 6) is -1.33. The number of hydrogen-bond acceptors (Lipinski definition) is 3. The standard InChI is InChI=1S/C12H8F3NO2S/c13-12(14,15)6-8-16-9(11(17)18)10(19-8)7-4-2-1-3-5-7/h1-5H,6H2,(H,17,18). The van der Waals surface area contributed by atoms with Crippen LogP contribution in [0.25, 0.3) is 10.4 Å². The molecule has 0 amide bonds. The van der Waals surface area contributed by atoms with Crippen molar-refractivity contribution in [2.75, 3.05) is 0 Å². The van der Waals surface area contributed by atoms with Crippen molar-refractivity contribution in [3.8, 4) is 10.4 Å². The lowest BCUT2D eigenvalue weighted by molar-refractivity contribution is -0.127. The molecule has 1 heterocycles. The second-order valence-electron chi connectivity index (χ2n) is 3.75. The third-order valence-corrected chi connectivity index (χ3v) is 3.37. The van der Waals surface area contributed by atoms with Gasteiger partial charge in [0.25, 0.3) is 0 Å². The van der Waals surface area contributed by atoms with Crippen LogP contribution in [0.15, 0.2) is 30.3 Å². The Balaban J connectivity index is 2.45. The van der Waals surface area contributed by atoms with E-state index in [-0.39, 0.29) is 15.6 Å². The summed E-state index contributed by atoms with van der Waals surface area (Å²) >= 11 is 0.756. The SMILES string of the molecule is O=C(O)c1nc(CC(F)(F)F)sc1-c1ccccc1. The zero-order valence-electron chi connectivity index (χ0n) is 9.44. The first-order valence-corrected chi connectivity index (χ1v) is 6.03. The Morgan fingerprint density at radius 1 is 1.26 bits per heavy atom. The van der Waals surface area contributed by atoms with E-state index >= 15 is 0 Å². The van der Waals surface area contributed by atoms with Crippen molar-refractivity contribution >= 4 is 17.3 Å². The molecule has 0 unspecified atom stereocenters. The average molecular weight is 287 g/mol. The highest BCUT2D eigenvalue weighted by molar-refractivity contribution is 7.15. The predicted octanol–water partition coefficient (Wildman–Crippen LogP) is 3.61. The number of carbonyl (C=O) groups is 1. The van der Waals surface area contributed by atoms with Gasteiger partial charge in [-0.1, -0.05) is 30.3 Å². The quantitative estimate of drug-likeness (QED) is 0.938. The lowest BCUT2D eigenvalue weighted by atomic mass is 10.1. The minimum absolute atomic E-state index is 0.243. The highest BCUT2D eigenvalue weighted by Gasteiger charge is 2.31. The molecule has 7 heteroatoms. The number of alkyl halides is 3. The van der Waals surface area contributed by atoms with E-state index in [1.807, 2.05) is 0 Å². The molecule has 0 spiro atoms. The van der Waals surface area contributed by atoms with Gasteiger partial charge in [0.2, 0.25) is 0 Å². The maximum absolute atomic E-state index is 12.3. The summed E-state index contributed by atoms with van der Waals surface area (Å²) in [5.41, 5.74) is 0.210. The van der Waals surface area contributed by atoms with Crippen molar-refractivity contribution in [2.24, 2.45) is 0 Å². The van der Waals surface area contributed by atoms with Gasteiger partial charge in [0, 0.05) is 0 Å². The van der Waals surface area contributed by atoms with Crippen LogP contribution in [0, 0.1) is 0 Å². The van der Waals surface area contributed by atoms with Crippen molar-refractivity contribution in [3.63, 3.8) is 0 Å². The lowest BCUT2D eigenvalue weighted by Gasteiger charge is -2.01. The molecule has 100 valence electrons. The molecule has 1 aromatic heterocycles. The monoisotopic (exact) mass is 287 g/mol. The van der Waals surface area contributed by atoms with Crippen molar-refractivity contribution in [2.45, 2.75) is 12.6 Å². The van der Waals surface area contributed by atoms with Crippen LogP contribution in [-0.4, -0.2) is 22.2 Å². The molecule has 0 aliphatic rings. The Morgan fingerprint density at radius 2 is 1.89 bits per heavy atom. The number of aromatic nitrogens is 1. The average Bonchev–Trinajstić information content (AvgIpc) is 2.72. The first kappa shape index (κ1) is 13.5. The van der Waals surface area contributed by atoms with Crippen LogP contribution in [0.1, 0.15) is 15.5 Å². The molecule has 2 aromatic rings. The number of thiazole rings is 1. The van der Waals surface area contributed by atoms with Gasteiger partial charge in [-0.15, -0.1) is 11.3 Å². The molecule has 0 aliphatic carbocycles. The van der Waals surface area contributed by atoms with Crippen LogP contribution in [-0.2, 0) is 6.42 Å². The van der Waals surface area contributed by atoms with E-state index in [4.69, 9.17) is 5.11 Å². The van der Waals surface area contributed by atoms with Gasteiger partial charge in [0.15, 0.2) is 5.69 Å². The van der Waals surface area contributed by atoms with Crippen LogP contribution in [0.4, 0.5) is 13.2 Å². The number of halogens is 3. The summed E-state index contributed by atoms with van der Waals surface area (Å²) in [6.45, 7) is 0. The number of benzene rings is 1. The predicted molar refractivity (Wildman–Crippen MR) is 64.3 cm³/mol. The maximum Gasteiger partial charge on any atom is 0.395 e. The fourth-order valence-electron chi connectivity index (χ4n) is 1.54. The third kappa shape index (κ3) is 3.31. The fourth-order valence-corrected chi connectivity index (χ4v) is 2.63. The molecule has 1 N–H and O–H groups in total. The highest BCUT2D eigenvalue weighted by atomic mass is 32.1. The van der Waals surface area contributed by atoms with Gasteiger partial charge < -0.3 is 5.11 Å². The molecule has 2 rings (SSSR count). The molecule has 0 saturated carbocycles. The van der Waals surface area contributed by atoms with Gasteiger partial charge in [0.05, 0.1) is 11.3 Å². The molecule has 0 radical (unpaired) electrons. The smallest absolute Gasteiger partial charge is 0.395 e. The first-order chi connectivity index (χ1) is 8.87. The lowest BCUT2D eigenvalue weighted by Crippen LogP contribution is -2.11. The molecule has 1 aromatic carbocycles. The summed E-state index contributed by atoms with van der Waals surface area (Å²) in [6.07, 6.45) is -5.62. The molecule has 0 aliphatic heterocycles. The topological polar surface area (TPSA) is 50.2 Å². The van der Waals surface area contributed by atoms with E-state index in [0.717, 1.165) is 11.3 Å². The van der Waals surface area contributed by atoms with Gasteiger partial charge in [-0.05, 0) is 5.56 Å². The number of carboxylic acids is 1. The first-order valence-electron chi connectivity index (χ1n) is 5.22. The van der Waals surface area contributed by atoms with E-state index < -0.39 is 18.6 Å². The summed E-state index contributed by atoms with van der Waals surface area (Å²) in [6, 6.07) is 8.38. The van der Waals surface area contributed by atoms with E-state index in [1.54, 1.807) is 30.3 Å². The fraction of sp³-hybridized carbons (Fsp3) is 0.167. The Kier molecular flexibility index (Phi) is 3.57. The number of aromatic carboxylic acids is 1. The Hall–Kier alpha value is -1.89. The van der Waals surface area contributed by atoms with Gasteiger partial charge in [-0.25, -0.2) is 9.78 Å². The summed E-state index contributed by atoms with van der Waals surface area (Å²) in [7, 11) is 0. The van der Waals surface area contributed by atoms with Crippen molar-refractivity contribution in [1.29, 1.82) is 0 Å². The molecule has 19 heavy (non-hydrogen) atoms. The molecule has 0 bridgehead atoms. The second kappa shape index (κ2) is 5.00. The maximum atomic E-state index is 12.3. The number of nitrogens with zero attached hydrogens (tertiary/aromatic N) is 1. The largest absolute Gasteiger partial charge is 0.476 e. The minimum Gasteiger partial charge on any atom is -0.476 e. The van der Waals surface area contributed by atoms with E-state index in [2.05, 4.69) is 4.98 Å². The molecule has 0 saturated heterocycles. The molecule has 0 atom stereocenters. The second-order valence-corrected chi connectivity index (χ2v) is 4.83. The van der Waals surface area contributed by atoms with E-state index in [1.165, 1.54) is 0 Å². The Morgan fingerprint density at radius 3 is 2.42 bits per heavy atom. The van der Waals surface area contributed by atoms with Gasteiger partial charge in [-0.2, -0.15) is 13.2 Å². The van der Waals surface area contributed by atoms with Crippen LogP contribution >= 0.6 is 11.3 Å². The highest BCUT2D eigenvalue weighted by Crippen LogP contribution is 2.33. The number of rotatable bonds is 3. The van der Waals surface area contributed by atoms with Crippen LogP contribution < -0.4 is 0 Å². The Bertz CT molecular complexity index is 593. The number of hydrogen-bond donors (Lipinski definition) is 1. The molecular weight excluding hydrogens is 279 g/mol. The molecule has 3 nitrogen and oxygen atoms in total. The Labute approximate surface area is 110 Å². The van der Waals surface area contributed by atoms with Crippen molar-refractivity contribution < 1.29 is 23.1 Å². The summed E-state index contributed by atoms with van der Waals surface area (Å²) in [4.78, 5) is 14.9. The zero-order valence-corrected chi connectivity index (χ0v) is 10.3. The van der Waals surface area contributed by atoms with E-state index in [0.29, 0.717) is 5.56 Å². The zero-order chi connectivity index (χ0) is 14.0. The van der Waals surface area contributed by atoms with Gasteiger partial charge in [-0.3, -0.25) is 0 Å². The summed E-state index contributed by atoms with van der Waals surface area (Å²) < 4.78 is 36.9. The molecular formula is C12H8F3NO2S. The minimum atomic E-state index is -4.40. The van der Waals surface area contributed by atoms with Gasteiger partial charge >= 0.3 is 12.1 Å². The van der Waals surface area contributed by atoms with Crippen LogP contribution in [0.5, 0.6) is 0 Å². The van der Waals surface area contributed by atoms with Crippen LogP contribution in [0.3, 0.4) is 0 Å². The number of carboxylic acid groups (broad SMARTS) is 1. The van der Waals surface area contributed by atoms with E-state index in [9.17, 15) is 18.0 Å². The van der Waals surface area contributed by atoms with Crippen molar-refractivity contribution in [1.82, 2.24) is 4.98 Å². The summed E-state index contributed by atoms with van der Waals surface area (Å²) in [5, 5.41) is 8.76. The normalized spacial score (nSPS) is 11.5. The third-order valence-electron chi connectivity index (χ3n) is 2.26. The molecule has 0 fully saturated rings. The van der Waals surface area contributed by atoms with Gasteiger partial charge in [0.1, 0.15) is 5.01 Å². The van der Waals surface area contributed by atoms with Crippen molar-refractivity contribution in [3.05, 3.63) is 41.0 Å². The van der Waals surface area contributed by atoms with Crippen LogP contribution in [0.2, 0.25) is 0 Å².